The minimum atomic E-state index is -3.60. The van der Waals surface area contributed by atoms with Crippen molar-refractivity contribution in [1.82, 2.24) is 4.31 Å². The number of carbonyl (C=O) groups is 1. The molecular weight excluding hydrogens is 443 g/mol. The molecule has 8 heteroatoms. The summed E-state index contributed by atoms with van der Waals surface area (Å²) in [6.07, 6.45) is 5.08. The van der Waals surface area contributed by atoms with Gasteiger partial charge in [-0.2, -0.15) is 4.31 Å². The second kappa shape index (κ2) is 8.50. The van der Waals surface area contributed by atoms with E-state index in [2.05, 4.69) is 5.32 Å². The van der Waals surface area contributed by atoms with Gasteiger partial charge in [-0.3, -0.25) is 4.79 Å². The Morgan fingerprint density at radius 2 is 1.57 bits per heavy atom. The fourth-order valence-electron chi connectivity index (χ4n) is 4.47. The molecule has 2 aromatic rings. The van der Waals surface area contributed by atoms with Gasteiger partial charge in [-0.1, -0.05) is 48.2 Å². The van der Waals surface area contributed by atoms with E-state index >= 15 is 0 Å². The molecular formula is C22H24Cl2N2O3S. The van der Waals surface area contributed by atoms with E-state index < -0.39 is 15.4 Å². The molecule has 1 N–H and O–H groups in total. The highest BCUT2D eigenvalue weighted by atomic mass is 35.5. The molecule has 1 heterocycles. The molecule has 0 spiro atoms. The van der Waals surface area contributed by atoms with E-state index in [1.165, 1.54) is 22.5 Å². The van der Waals surface area contributed by atoms with Crippen molar-refractivity contribution in [3.63, 3.8) is 0 Å². The number of hydrogen-bond acceptors (Lipinski definition) is 3. The summed E-state index contributed by atoms with van der Waals surface area (Å²) < 4.78 is 27.3. The number of hydrogen-bond donors (Lipinski definition) is 1. The summed E-state index contributed by atoms with van der Waals surface area (Å²) in [6.45, 7) is 1.04. The highest BCUT2D eigenvalue weighted by Crippen LogP contribution is 2.43. The largest absolute Gasteiger partial charge is 0.324 e. The summed E-state index contributed by atoms with van der Waals surface area (Å²) in [5.74, 6) is -0.167. The Labute approximate surface area is 187 Å². The lowest BCUT2D eigenvalue weighted by molar-refractivity contribution is -0.121. The first-order chi connectivity index (χ1) is 14.3. The number of nitrogens with zero attached hydrogens (tertiary/aromatic N) is 1. The standard InChI is InChI=1S/C22H24Cl2N2O3S/c23-17-7-5-16(6-8-17)22(11-1-2-12-22)21(27)25-20-15-18(9-10-19(20)24)30(28,29)26-13-3-4-14-26/h5-10,15H,1-4,11-14H2,(H,25,27). The molecule has 2 aromatic carbocycles. The van der Waals surface area contributed by atoms with E-state index in [1.54, 1.807) is 12.1 Å². The molecule has 160 valence electrons. The molecule has 30 heavy (non-hydrogen) atoms. The van der Waals surface area contributed by atoms with Crippen LogP contribution in [0.5, 0.6) is 0 Å². The average molecular weight is 467 g/mol. The molecule has 1 saturated heterocycles. The highest BCUT2D eigenvalue weighted by Gasteiger charge is 2.43. The zero-order chi connectivity index (χ0) is 21.4. The monoisotopic (exact) mass is 466 g/mol. The number of rotatable bonds is 5. The SMILES string of the molecule is O=C(Nc1cc(S(=O)(=O)N2CCCC2)ccc1Cl)C1(c2ccc(Cl)cc2)CCCC1. The Kier molecular flexibility index (Phi) is 6.13. The van der Waals surface area contributed by atoms with Crippen LogP contribution in [0.2, 0.25) is 10.0 Å². The quantitative estimate of drug-likeness (QED) is 0.655. The summed E-state index contributed by atoms with van der Waals surface area (Å²) in [5, 5.41) is 3.86. The molecule has 1 amide bonds. The van der Waals surface area contributed by atoms with Crippen LogP contribution in [0, 0.1) is 0 Å². The Hall–Kier alpha value is -1.60. The molecule has 0 radical (unpaired) electrons. The maximum absolute atomic E-state index is 13.4. The van der Waals surface area contributed by atoms with Gasteiger partial charge in [0.25, 0.3) is 0 Å². The Bertz CT molecular complexity index is 1040. The number of sulfonamides is 1. The Morgan fingerprint density at radius 1 is 0.933 bits per heavy atom. The van der Waals surface area contributed by atoms with E-state index in [-0.39, 0.29) is 10.8 Å². The topological polar surface area (TPSA) is 66.5 Å². The number of nitrogens with one attached hydrogen (secondary N) is 1. The third-order valence-corrected chi connectivity index (χ3v) is 8.65. The summed E-state index contributed by atoms with van der Waals surface area (Å²) in [6, 6.07) is 11.9. The molecule has 1 aliphatic carbocycles. The van der Waals surface area contributed by atoms with Crippen molar-refractivity contribution in [2.24, 2.45) is 0 Å². The van der Waals surface area contributed by atoms with E-state index in [4.69, 9.17) is 23.2 Å². The van der Waals surface area contributed by atoms with Crippen LogP contribution >= 0.6 is 23.2 Å². The molecule has 5 nitrogen and oxygen atoms in total. The first-order valence-electron chi connectivity index (χ1n) is 10.2. The number of benzene rings is 2. The lowest BCUT2D eigenvalue weighted by Crippen LogP contribution is -2.38. The van der Waals surface area contributed by atoms with Crippen molar-refractivity contribution >= 4 is 44.8 Å². The first kappa shape index (κ1) is 21.6. The van der Waals surface area contributed by atoms with Crippen LogP contribution in [-0.4, -0.2) is 31.7 Å². The summed E-state index contributed by atoms with van der Waals surface area (Å²) in [7, 11) is -3.60. The Balaban J connectivity index is 1.64. The number of anilines is 1. The second-order valence-electron chi connectivity index (χ2n) is 8.00. The van der Waals surface area contributed by atoms with Crippen LogP contribution in [0.1, 0.15) is 44.1 Å². The fourth-order valence-corrected chi connectivity index (χ4v) is 6.31. The maximum Gasteiger partial charge on any atom is 0.243 e. The van der Waals surface area contributed by atoms with Crippen molar-refractivity contribution in [3.05, 3.63) is 58.1 Å². The van der Waals surface area contributed by atoms with E-state index in [0.717, 1.165) is 44.1 Å². The Morgan fingerprint density at radius 3 is 2.20 bits per heavy atom. The zero-order valence-corrected chi connectivity index (χ0v) is 18.9. The summed E-state index contributed by atoms with van der Waals surface area (Å²) in [4.78, 5) is 13.6. The lowest BCUT2D eigenvalue weighted by Gasteiger charge is -2.29. The molecule has 2 aliphatic rings. The van der Waals surface area contributed by atoms with Gasteiger partial charge in [0, 0.05) is 18.1 Å². The van der Waals surface area contributed by atoms with Crippen molar-refractivity contribution < 1.29 is 13.2 Å². The van der Waals surface area contributed by atoms with Gasteiger partial charge in [0.05, 0.1) is 21.0 Å². The molecule has 2 fully saturated rings. The van der Waals surface area contributed by atoms with E-state index in [0.29, 0.717) is 28.8 Å². The van der Waals surface area contributed by atoms with Gasteiger partial charge >= 0.3 is 0 Å². The number of amides is 1. The van der Waals surface area contributed by atoms with Crippen molar-refractivity contribution in [1.29, 1.82) is 0 Å². The minimum absolute atomic E-state index is 0.149. The molecule has 1 aliphatic heterocycles. The fraction of sp³-hybridized carbons (Fsp3) is 0.409. The third-order valence-electron chi connectivity index (χ3n) is 6.18. The van der Waals surface area contributed by atoms with Gasteiger partial charge in [0.15, 0.2) is 0 Å². The van der Waals surface area contributed by atoms with E-state index in [9.17, 15) is 13.2 Å². The molecule has 1 saturated carbocycles. The summed E-state index contributed by atoms with van der Waals surface area (Å²) >= 11 is 12.4. The number of halogens is 2. The van der Waals surface area contributed by atoms with Crippen LogP contribution in [0.3, 0.4) is 0 Å². The average Bonchev–Trinajstić information content (AvgIpc) is 3.43. The molecule has 4 rings (SSSR count). The predicted molar refractivity (Wildman–Crippen MR) is 120 cm³/mol. The van der Waals surface area contributed by atoms with Crippen LogP contribution in [0.15, 0.2) is 47.4 Å². The van der Waals surface area contributed by atoms with Crippen LogP contribution in [0.25, 0.3) is 0 Å². The van der Waals surface area contributed by atoms with Gasteiger partial charge < -0.3 is 5.32 Å². The van der Waals surface area contributed by atoms with Gasteiger partial charge in [0.2, 0.25) is 15.9 Å². The van der Waals surface area contributed by atoms with Crippen molar-refractivity contribution in [3.8, 4) is 0 Å². The molecule has 0 aromatic heterocycles. The highest BCUT2D eigenvalue weighted by molar-refractivity contribution is 7.89. The van der Waals surface area contributed by atoms with Gasteiger partial charge in [-0.05, 0) is 61.6 Å². The normalized spacial score (nSPS) is 19.1. The summed E-state index contributed by atoms with van der Waals surface area (Å²) in [5.41, 5.74) is 0.568. The third kappa shape index (κ3) is 3.98. The van der Waals surface area contributed by atoms with Gasteiger partial charge in [0.1, 0.15) is 0 Å². The van der Waals surface area contributed by atoms with Crippen LogP contribution in [0.4, 0.5) is 5.69 Å². The van der Waals surface area contributed by atoms with Crippen molar-refractivity contribution in [2.45, 2.75) is 48.8 Å². The first-order valence-corrected chi connectivity index (χ1v) is 12.4. The van der Waals surface area contributed by atoms with Gasteiger partial charge in [-0.25, -0.2) is 8.42 Å². The maximum atomic E-state index is 13.4. The smallest absolute Gasteiger partial charge is 0.243 e. The predicted octanol–water partition coefficient (Wildman–Crippen LogP) is 5.23. The van der Waals surface area contributed by atoms with Crippen LogP contribution in [-0.2, 0) is 20.2 Å². The number of carbonyl (C=O) groups excluding carboxylic acids is 1. The second-order valence-corrected chi connectivity index (χ2v) is 10.8. The van der Waals surface area contributed by atoms with E-state index in [1.807, 2.05) is 12.1 Å². The van der Waals surface area contributed by atoms with Crippen molar-refractivity contribution in [2.75, 3.05) is 18.4 Å². The zero-order valence-electron chi connectivity index (χ0n) is 16.5. The van der Waals surface area contributed by atoms with Crippen LogP contribution < -0.4 is 5.32 Å². The van der Waals surface area contributed by atoms with Gasteiger partial charge in [-0.15, -0.1) is 0 Å². The lowest BCUT2D eigenvalue weighted by atomic mass is 9.78. The molecule has 0 bridgehead atoms. The minimum Gasteiger partial charge on any atom is -0.324 e. The molecule has 0 unspecified atom stereocenters. The molecule has 0 atom stereocenters.